The molecule has 0 bridgehead atoms. The van der Waals surface area contributed by atoms with Crippen LogP contribution in [0.3, 0.4) is 0 Å². The van der Waals surface area contributed by atoms with E-state index in [1.165, 1.54) is 12.8 Å². The summed E-state index contributed by atoms with van der Waals surface area (Å²) >= 11 is 6.05. The molecule has 3 rings (SSSR count). The van der Waals surface area contributed by atoms with Crippen LogP contribution in [0.2, 0.25) is 5.02 Å². The van der Waals surface area contributed by atoms with Gasteiger partial charge in [-0.3, -0.25) is 0 Å². The van der Waals surface area contributed by atoms with Crippen molar-refractivity contribution in [3.05, 3.63) is 28.8 Å². The average molecular weight is 310 g/mol. The van der Waals surface area contributed by atoms with E-state index >= 15 is 0 Å². The first kappa shape index (κ1) is 14.7. The topological polar surface area (TPSA) is 61.6 Å². The lowest BCUT2D eigenvalue weighted by Crippen LogP contribution is -2.41. The Morgan fingerprint density at radius 3 is 2.90 bits per heavy atom. The lowest BCUT2D eigenvalue weighted by molar-refractivity contribution is -0.117. The van der Waals surface area contributed by atoms with Gasteiger partial charge in [0.1, 0.15) is 6.10 Å². The molecule has 1 spiro atoms. The number of benzene rings is 1. The summed E-state index contributed by atoms with van der Waals surface area (Å²) in [5, 5.41) is 0.372. The van der Waals surface area contributed by atoms with Crippen molar-refractivity contribution < 1.29 is 14.3 Å². The van der Waals surface area contributed by atoms with Crippen LogP contribution in [0.25, 0.3) is 0 Å². The monoisotopic (exact) mass is 309 g/mol. The highest BCUT2D eigenvalue weighted by Gasteiger charge is 2.41. The number of halogens is 1. The van der Waals surface area contributed by atoms with Crippen molar-refractivity contribution in [2.24, 2.45) is 0 Å². The fourth-order valence-electron chi connectivity index (χ4n) is 3.37. The molecule has 114 valence electrons. The molecule has 21 heavy (non-hydrogen) atoms. The molecule has 2 aliphatic rings. The zero-order valence-corrected chi connectivity index (χ0v) is 12.7. The Morgan fingerprint density at radius 1 is 1.38 bits per heavy atom. The Kier molecular flexibility index (Phi) is 4.09. The van der Waals surface area contributed by atoms with Gasteiger partial charge >= 0.3 is 5.97 Å². The molecule has 1 unspecified atom stereocenters. The molecule has 0 aromatic heterocycles. The summed E-state index contributed by atoms with van der Waals surface area (Å²) in [4.78, 5) is 12.3. The number of anilines is 1. The Morgan fingerprint density at radius 2 is 2.14 bits per heavy atom. The Balaban J connectivity index is 1.68. The molecule has 0 radical (unpaired) electrons. The zero-order valence-electron chi connectivity index (χ0n) is 11.9. The van der Waals surface area contributed by atoms with Crippen LogP contribution in [-0.4, -0.2) is 24.3 Å². The van der Waals surface area contributed by atoms with Gasteiger partial charge in [0.05, 0.1) is 22.8 Å². The Labute approximate surface area is 129 Å². The number of carbonyl (C=O) groups excluding carboxylic acids is 1. The summed E-state index contributed by atoms with van der Waals surface area (Å²) in [7, 11) is 0. The first-order chi connectivity index (χ1) is 10.1. The quantitative estimate of drug-likeness (QED) is 0.670. The van der Waals surface area contributed by atoms with Crippen LogP contribution in [0, 0.1) is 0 Å². The van der Waals surface area contributed by atoms with Gasteiger partial charge in [-0.1, -0.05) is 24.4 Å². The number of hydrogen-bond donors (Lipinski definition) is 1. The van der Waals surface area contributed by atoms with Gasteiger partial charge in [-0.05, 0) is 31.0 Å². The van der Waals surface area contributed by atoms with Crippen molar-refractivity contribution in [1.29, 1.82) is 0 Å². The number of nitrogens with two attached hydrogens (primary N) is 1. The lowest BCUT2D eigenvalue weighted by atomic mass is 9.90. The van der Waals surface area contributed by atoms with Gasteiger partial charge in [0.2, 0.25) is 0 Å². The molecule has 1 aliphatic heterocycles. The largest absolute Gasteiger partial charge is 0.459 e. The van der Waals surface area contributed by atoms with Gasteiger partial charge in [-0.2, -0.15) is 0 Å². The maximum absolute atomic E-state index is 12.3. The van der Waals surface area contributed by atoms with Crippen LogP contribution in [0.4, 0.5) is 5.69 Å². The van der Waals surface area contributed by atoms with Gasteiger partial charge in [0.25, 0.3) is 0 Å². The fourth-order valence-corrected chi connectivity index (χ4v) is 3.56. The number of nitrogen functional groups attached to an aromatic ring is 1. The van der Waals surface area contributed by atoms with E-state index < -0.39 is 5.97 Å². The van der Waals surface area contributed by atoms with E-state index in [0.717, 1.165) is 25.7 Å². The van der Waals surface area contributed by atoms with Crippen LogP contribution in [0.1, 0.15) is 48.9 Å². The number of carbonyl (C=O) groups is 1. The third-order valence-electron chi connectivity index (χ3n) is 4.45. The summed E-state index contributed by atoms with van der Waals surface area (Å²) in [6, 6.07) is 4.85. The molecule has 1 aliphatic carbocycles. The van der Waals surface area contributed by atoms with E-state index in [-0.39, 0.29) is 11.7 Å². The molecule has 2 fully saturated rings. The molecular weight excluding hydrogens is 290 g/mol. The molecule has 5 heteroatoms. The smallest absolute Gasteiger partial charge is 0.340 e. The third-order valence-corrected chi connectivity index (χ3v) is 4.78. The Hall–Kier alpha value is -1.26. The van der Waals surface area contributed by atoms with Crippen LogP contribution in [-0.2, 0) is 9.47 Å². The van der Waals surface area contributed by atoms with Crippen LogP contribution < -0.4 is 5.73 Å². The van der Waals surface area contributed by atoms with Crippen LogP contribution in [0.5, 0.6) is 0 Å². The number of rotatable bonds is 2. The third kappa shape index (κ3) is 3.16. The van der Waals surface area contributed by atoms with Crippen molar-refractivity contribution in [2.45, 2.75) is 50.2 Å². The van der Waals surface area contributed by atoms with Gasteiger partial charge in [-0.15, -0.1) is 0 Å². The standard InChI is InChI=1S/C16H20ClNO3/c17-14-4-3-11(18)9-13(14)15(19)21-12-5-8-20-16(10-12)6-1-2-7-16/h3-4,9,12H,1-2,5-8,10,18H2. The van der Waals surface area contributed by atoms with E-state index in [0.29, 0.717) is 22.9 Å². The van der Waals surface area contributed by atoms with E-state index in [9.17, 15) is 4.79 Å². The van der Waals surface area contributed by atoms with Gasteiger partial charge in [0, 0.05) is 18.5 Å². The lowest BCUT2D eigenvalue weighted by Gasteiger charge is -2.37. The molecule has 2 N–H and O–H groups in total. The zero-order chi connectivity index (χ0) is 14.9. The number of esters is 1. The van der Waals surface area contributed by atoms with Gasteiger partial charge in [-0.25, -0.2) is 4.79 Å². The highest BCUT2D eigenvalue weighted by atomic mass is 35.5. The molecule has 1 aromatic carbocycles. The van der Waals surface area contributed by atoms with E-state index in [2.05, 4.69) is 0 Å². The van der Waals surface area contributed by atoms with Gasteiger partial charge in [0.15, 0.2) is 0 Å². The molecule has 1 aromatic rings. The number of ether oxygens (including phenoxy) is 2. The predicted molar refractivity (Wildman–Crippen MR) is 81.5 cm³/mol. The van der Waals surface area contributed by atoms with Crippen molar-refractivity contribution in [1.82, 2.24) is 0 Å². The second-order valence-electron chi connectivity index (χ2n) is 6.00. The van der Waals surface area contributed by atoms with Crippen molar-refractivity contribution in [2.75, 3.05) is 12.3 Å². The average Bonchev–Trinajstić information content (AvgIpc) is 2.89. The minimum Gasteiger partial charge on any atom is -0.459 e. The molecule has 1 atom stereocenters. The molecule has 0 amide bonds. The normalized spacial score (nSPS) is 24.1. The summed E-state index contributed by atoms with van der Waals surface area (Å²) < 4.78 is 11.6. The van der Waals surface area contributed by atoms with Gasteiger partial charge < -0.3 is 15.2 Å². The molecular formula is C16H20ClNO3. The highest BCUT2D eigenvalue weighted by Crippen LogP contribution is 2.41. The number of hydrogen-bond acceptors (Lipinski definition) is 4. The van der Waals surface area contributed by atoms with Crippen molar-refractivity contribution >= 4 is 23.3 Å². The first-order valence-electron chi connectivity index (χ1n) is 7.48. The molecule has 1 heterocycles. The Bertz CT molecular complexity index is 540. The minimum absolute atomic E-state index is 0.0668. The van der Waals surface area contributed by atoms with Crippen molar-refractivity contribution in [3.63, 3.8) is 0 Å². The maximum atomic E-state index is 12.3. The fraction of sp³-hybridized carbons (Fsp3) is 0.562. The van der Waals surface area contributed by atoms with Crippen molar-refractivity contribution in [3.8, 4) is 0 Å². The minimum atomic E-state index is -0.396. The van der Waals surface area contributed by atoms with E-state index in [1.807, 2.05) is 0 Å². The summed E-state index contributed by atoms with van der Waals surface area (Å²) in [5.41, 5.74) is 6.48. The molecule has 1 saturated heterocycles. The molecule has 1 saturated carbocycles. The second kappa shape index (κ2) is 5.85. The second-order valence-corrected chi connectivity index (χ2v) is 6.41. The van der Waals surface area contributed by atoms with E-state index in [1.54, 1.807) is 18.2 Å². The first-order valence-corrected chi connectivity index (χ1v) is 7.86. The van der Waals surface area contributed by atoms with Crippen LogP contribution in [0.15, 0.2) is 18.2 Å². The summed E-state index contributed by atoms with van der Waals surface area (Å²) in [5.74, 6) is -0.396. The highest BCUT2D eigenvalue weighted by molar-refractivity contribution is 6.33. The maximum Gasteiger partial charge on any atom is 0.340 e. The SMILES string of the molecule is Nc1ccc(Cl)c(C(=O)OC2CCOC3(CCCC3)C2)c1. The molecule has 4 nitrogen and oxygen atoms in total. The summed E-state index contributed by atoms with van der Waals surface area (Å²) in [6.45, 7) is 0.655. The van der Waals surface area contributed by atoms with Crippen LogP contribution >= 0.6 is 11.6 Å². The predicted octanol–water partition coefficient (Wildman–Crippen LogP) is 3.57. The van der Waals surface area contributed by atoms with E-state index in [4.69, 9.17) is 26.8 Å². The summed E-state index contributed by atoms with van der Waals surface area (Å²) in [6.07, 6.45) is 5.97.